The summed E-state index contributed by atoms with van der Waals surface area (Å²) in [6.45, 7) is 2.78. The Morgan fingerprint density at radius 1 is 1.19 bits per heavy atom. The van der Waals surface area contributed by atoms with Crippen LogP contribution in [0.2, 0.25) is 5.02 Å². The lowest BCUT2D eigenvalue weighted by Crippen LogP contribution is -2.59. The van der Waals surface area contributed by atoms with Gasteiger partial charge in [0.2, 0.25) is 5.91 Å². The highest BCUT2D eigenvalue weighted by Gasteiger charge is 2.40. The van der Waals surface area contributed by atoms with Crippen LogP contribution >= 0.6 is 24.0 Å². The van der Waals surface area contributed by atoms with E-state index in [2.05, 4.69) is 5.32 Å². The van der Waals surface area contributed by atoms with Crippen LogP contribution in [0.1, 0.15) is 31.2 Å². The topological polar surface area (TPSA) is 82.8 Å². The van der Waals surface area contributed by atoms with Crippen molar-refractivity contribution in [3.05, 3.63) is 28.8 Å². The van der Waals surface area contributed by atoms with Crippen LogP contribution in [0.25, 0.3) is 0 Å². The van der Waals surface area contributed by atoms with Gasteiger partial charge in [0, 0.05) is 49.0 Å². The second-order valence-electron chi connectivity index (χ2n) is 7.19. The van der Waals surface area contributed by atoms with E-state index < -0.39 is 5.54 Å². The van der Waals surface area contributed by atoms with E-state index in [1.54, 1.807) is 7.11 Å². The molecule has 3 N–H and O–H groups in total. The molecule has 8 heteroatoms. The maximum Gasteiger partial charge on any atom is 0.240 e. The molecule has 2 aliphatic heterocycles. The Balaban J connectivity index is 0.00000261. The molecule has 3 rings (SSSR count). The van der Waals surface area contributed by atoms with Gasteiger partial charge in [-0.25, -0.2) is 0 Å². The first-order valence-corrected chi connectivity index (χ1v) is 9.44. The third-order valence-electron chi connectivity index (χ3n) is 5.61. The maximum atomic E-state index is 12.8. The molecule has 0 saturated carbocycles. The lowest BCUT2D eigenvalue weighted by molar-refractivity contribution is -0.130. The highest BCUT2D eigenvalue weighted by molar-refractivity contribution is 6.30. The summed E-state index contributed by atoms with van der Waals surface area (Å²) < 4.78 is 16.5. The van der Waals surface area contributed by atoms with E-state index in [0.29, 0.717) is 50.8 Å². The van der Waals surface area contributed by atoms with Crippen molar-refractivity contribution in [3.63, 3.8) is 0 Å². The second kappa shape index (κ2) is 9.43. The molecule has 0 radical (unpaired) electrons. The van der Waals surface area contributed by atoms with Crippen LogP contribution in [0.5, 0.6) is 5.75 Å². The summed E-state index contributed by atoms with van der Waals surface area (Å²) >= 11 is 6.25. The summed E-state index contributed by atoms with van der Waals surface area (Å²) in [7, 11) is 1.65. The van der Waals surface area contributed by atoms with E-state index >= 15 is 0 Å². The van der Waals surface area contributed by atoms with Gasteiger partial charge >= 0.3 is 0 Å². The second-order valence-corrected chi connectivity index (χ2v) is 7.62. The lowest BCUT2D eigenvalue weighted by Gasteiger charge is -2.40. The van der Waals surface area contributed by atoms with Crippen LogP contribution in [-0.4, -0.2) is 51.5 Å². The van der Waals surface area contributed by atoms with Crippen molar-refractivity contribution in [2.75, 3.05) is 40.1 Å². The van der Waals surface area contributed by atoms with E-state index in [0.717, 1.165) is 24.2 Å². The molecule has 0 aromatic heterocycles. The zero-order chi connectivity index (χ0) is 18.6. The lowest BCUT2D eigenvalue weighted by atomic mass is 9.73. The predicted molar refractivity (Wildman–Crippen MR) is 107 cm³/mol. The van der Waals surface area contributed by atoms with Crippen molar-refractivity contribution in [1.29, 1.82) is 0 Å². The number of nitrogens with two attached hydrogens (primary N) is 1. The van der Waals surface area contributed by atoms with Crippen molar-refractivity contribution < 1.29 is 19.0 Å². The van der Waals surface area contributed by atoms with Crippen molar-refractivity contribution in [2.45, 2.75) is 36.6 Å². The number of carbonyl (C=O) groups is 1. The van der Waals surface area contributed by atoms with Crippen LogP contribution in [0.3, 0.4) is 0 Å². The molecular formula is C19H28Cl2N2O4. The number of nitrogens with one attached hydrogen (secondary N) is 1. The Kier molecular flexibility index (Phi) is 7.77. The van der Waals surface area contributed by atoms with E-state index in [1.807, 2.05) is 18.2 Å². The number of carbonyl (C=O) groups excluding carboxylic acids is 1. The zero-order valence-corrected chi connectivity index (χ0v) is 17.2. The number of methoxy groups -OCH3 is 1. The Morgan fingerprint density at radius 2 is 1.78 bits per heavy atom. The molecule has 0 atom stereocenters. The molecule has 1 aromatic carbocycles. The average Bonchev–Trinajstić information content (AvgIpc) is 2.67. The van der Waals surface area contributed by atoms with Crippen LogP contribution in [0.15, 0.2) is 18.2 Å². The Morgan fingerprint density at radius 3 is 2.37 bits per heavy atom. The van der Waals surface area contributed by atoms with Crippen LogP contribution < -0.4 is 15.8 Å². The standard InChI is InChI=1S/C19H27ClN2O4.ClH/c1-24-16-3-2-14(20)12-15(16)18(4-8-25-9-5-18)13-22-17(23)19(21)6-10-26-11-7-19;/h2-3,12H,4-11,13,21H2,1H3,(H,22,23);1H. The van der Waals surface area contributed by atoms with Gasteiger partial charge in [-0.2, -0.15) is 0 Å². The first-order chi connectivity index (χ1) is 12.5. The number of hydrogen-bond donors (Lipinski definition) is 2. The number of hydrogen-bond acceptors (Lipinski definition) is 5. The van der Waals surface area contributed by atoms with Crippen molar-refractivity contribution in [2.24, 2.45) is 5.73 Å². The zero-order valence-electron chi connectivity index (χ0n) is 15.6. The smallest absolute Gasteiger partial charge is 0.240 e. The molecule has 0 bridgehead atoms. The predicted octanol–water partition coefficient (Wildman–Crippen LogP) is 2.44. The summed E-state index contributed by atoms with van der Waals surface area (Å²) in [5.41, 5.74) is 6.18. The number of amides is 1. The van der Waals surface area contributed by atoms with E-state index in [-0.39, 0.29) is 23.7 Å². The molecule has 0 spiro atoms. The number of halogens is 2. The molecule has 0 unspecified atom stereocenters. The molecule has 6 nitrogen and oxygen atoms in total. The normalized spacial score (nSPS) is 21.0. The fourth-order valence-corrected chi connectivity index (χ4v) is 3.96. The third-order valence-corrected chi connectivity index (χ3v) is 5.84. The van der Waals surface area contributed by atoms with Gasteiger partial charge in [0.15, 0.2) is 0 Å². The summed E-state index contributed by atoms with van der Waals surface area (Å²) in [6.07, 6.45) is 2.64. The summed E-state index contributed by atoms with van der Waals surface area (Å²) in [4.78, 5) is 12.8. The Bertz CT molecular complexity index is 645. The Hall–Kier alpha value is -1.05. The summed E-state index contributed by atoms with van der Waals surface area (Å²) in [6, 6.07) is 5.62. The average molecular weight is 419 g/mol. The quantitative estimate of drug-likeness (QED) is 0.766. The minimum absolute atomic E-state index is 0. The van der Waals surface area contributed by atoms with Gasteiger partial charge in [0.05, 0.1) is 12.6 Å². The van der Waals surface area contributed by atoms with Gasteiger partial charge in [-0.3, -0.25) is 4.79 Å². The maximum absolute atomic E-state index is 12.8. The van der Waals surface area contributed by atoms with E-state index in [9.17, 15) is 4.79 Å². The first kappa shape index (κ1) is 22.2. The molecule has 2 fully saturated rings. The van der Waals surface area contributed by atoms with Gasteiger partial charge in [-0.05, 0) is 43.9 Å². The molecule has 1 aromatic rings. The minimum atomic E-state index is -0.858. The van der Waals surface area contributed by atoms with Crippen molar-refractivity contribution in [1.82, 2.24) is 5.32 Å². The minimum Gasteiger partial charge on any atom is -0.496 e. The van der Waals surface area contributed by atoms with Gasteiger partial charge in [0.1, 0.15) is 5.75 Å². The summed E-state index contributed by atoms with van der Waals surface area (Å²) in [5.74, 6) is 0.659. The van der Waals surface area contributed by atoms with Gasteiger partial charge in [-0.1, -0.05) is 11.6 Å². The SMILES string of the molecule is COc1ccc(Cl)cc1C1(CNC(=O)C2(N)CCOCC2)CCOCC1.Cl. The first-order valence-electron chi connectivity index (χ1n) is 9.06. The highest BCUT2D eigenvalue weighted by Crippen LogP contribution is 2.40. The van der Waals surface area contributed by atoms with Gasteiger partial charge < -0.3 is 25.3 Å². The van der Waals surface area contributed by atoms with E-state index in [4.69, 9.17) is 31.5 Å². The van der Waals surface area contributed by atoms with Gasteiger partial charge in [-0.15, -0.1) is 12.4 Å². The molecule has 0 aliphatic carbocycles. The van der Waals surface area contributed by atoms with Crippen LogP contribution in [0, 0.1) is 0 Å². The van der Waals surface area contributed by atoms with Crippen molar-refractivity contribution in [3.8, 4) is 5.75 Å². The molecular weight excluding hydrogens is 391 g/mol. The Labute approximate surface area is 171 Å². The van der Waals surface area contributed by atoms with Crippen LogP contribution in [-0.2, 0) is 19.7 Å². The molecule has 2 saturated heterocycles. The highest BCUT2D eigenvalue weighted by atomic mass is 35.5. The van der Waals surface area contributed by atoms with Crippen molar-refractivity contribution >= 4 is 29.9 Å². The summed E-state index contributed by atoms with van der Waals surface area (Å²) in [5, 5.41) is 3.75. The number of ether oxygens (including phenoxy) is 3. The molecule has 2 heterocycles. The molecule has 1 amide bonds. The number of benzene rings is 1. The molecule has 152 valence electrons. The monoisotopic (exact) mass is 418 g/mol. The fraction of sp³-hybridized carbons (Fsp3) is 0.632. The fourth-order valence-electron chi connectivity index (χ4n) is 3.79. The van der Waals surface area contributed by atoms with E-state index in [1.165, 1.54) is 0 Å². The molecule has 2 aliphatic rings. The molecule has 27 heavy (non-hydrogen) atoms. The number of rotatable bonds is 5. The third kappa shape index (κ3) is 4.87. The van der Waals surface area contributed by atoms with Crippen LogP contribution in [0.4, 0.5) is 0 Å². The largest absolute Gasteiger partial charge is 0.496 e. The van der Waals surface area contributed by atoms with Gasteiger partial charge in [0.25, 0.3) is 0 Å².